The van der Waals surface area contributed by atoms with Crippen LogP contribution in [0.25, 0.3) is 0 Å². The van der Waals surface area contributed by atoms with Gasteiger partial charge >= 0.3 is 5.97 Å². The Kier molecular flexibility index (Phi) is 50.6. The summed E-state index contributed by atoms with van der Waals surface area (Å²) in [6.45, 7) is 4.90. The molecule has 0 spiro atoms. The Bertz CT molecular complexity index is 966. The van der Waals surface area contributed by atoms with Gasteiger partial charge in [0.1, 0.15) is 0 Å². The van der Waals surface area contributed by atoms with E-state index in [-0.39, 0.29) is 18.5 Å². The molecule has 0 heterocycles. The average molecular weight is 874 g/mol. The van der Waals surface area contributed by atoms with Gasteiger partial charge in [-0.3, -0.25) is 9.59 Å². The van der Waals surface area contributed by atoms with E-state index in [2.05, 4.69) is 43.5 Å². The summed E-state index contributed by atoms with van der Waals surface area (Å²) in [7, 11) is 0. The van der Waals surface area contributed by atoms with Crippen molar-refractivity contribution < 1.29 is 24.5 Å². The first-order valence-corrected chi connectivity index (χ1v) is 27.6. The van der Waals surface area contributed by atoms with E-state index in [4.69, 9.17) is 4.74 Å². The van der Waals surface area contributed by atoms with Crippen molar-refractivity contribution in [2.24, 2.45) is 0 Å². The van der Waals surface area contributed by atoms with Gasteiger partial charge in [0.25, 0.3) is 0 Å². The summed E-state index contributed by atoms with van der Waals surface area (Å²) in [5.41, 5.74) is 0. The predicted octanol–water partition coefficient (Wildman–Crippen LogP) is 16.7. The third-order valence-corrected chi connectivity index (χ3v) is 12.8. The van der Waals surface area contributed by atoms with E-state index in [1.54, 1.807) is 0 Å². The maximum atomic E-state index is 12.4. The first-order chi connectivity index (χ1) is 30.5. The van der Waals surface area contributed by atoms with Crippen molar-refractivity contribution in [1.29, 1.82) is 0 Å². The Morgan fingerprint density at radius 2 is 0.806 bits per heavy atom. The quantitative estimate of drug-likeness (QED) is 0.0321. The van der Waals surface area contributed by atoms with Crippen molar-refractivity contribution in [2.75, 3.05) is 13.2 Å². The number of carbonyl (C=O) groups is 2. The number of amides is 1. The highest BCUT2D eigenvalue weighted by Gasteiger charge is 2.20. The minimum Gasteiger partial charge on any atom is -0.466 e. The highest BCUT2D eigenvalue weighted by atomic mass is 16.5. The second-order valence-electron chi connectivity index (χ2n) is 18.9. The van der Waals surface area contributed by atoms with Gasteiger partial charge in [0.15, 0.2) is 0 Å². The van der Waals surface area contributed by atoms with Crippen LogP contribution in [0.4, 0.5) is 0 Å². The molecule has 0 aromatic carbocycles. The fourth-order valence-corrected chi connectivity index (χ4v) is 8.49. The number of ether oxygens (including phenoxy) is 1. The summed E-state index contributed by atoms with van der Waals surface area (Å²) in [5.74, 6) is -0.0440. The van der Waals surface area contributed by atoms with Crippen LogP contribution in [0.1, 0.15) is 296 Å². The van der Waals surface area contributed by atoms with Crippen molar-refractivity contribution in [1.82, 2.24) is 5.32 Å². The van der Waals surface area contributed by atoms with Gasteiger partial charge in [0, 0.05) is 12.8 Å². The van der Waals surface area contributed by atoms with Crippen LogP contribution in [0.5, 0.6) is 0 Å². The molecule has 6 nitrogen and oxygen atoms in total. The standard InChI is InChI=1S/C56H107NO5/c1-3-5-7-9-11-13-15-16-17-18-19-20-24-27-30-34-38-42-46-50-56(61)62-51-47-43-39-35-31-28-25-22-21-23-26-29-33-37-41-45-49-55(60)57-53(52-58)54(59)48-44-40-36-32-14-12-10-8-6-4-2/h11,13,16-17,53-54,58-59H,3-10,12,14-15,18-52H2,1-2H3,(H,57,60)/b13-11-,17-16-. The maximum Gasteiger partial charge on any atom is 0.305 e. The fourth-order valence-electron chi connectivity index (χ4n) is 8.49. The molecule has 366 valence electrons. The molecule has 6 heteroatoms. The number of nitrogens with one attached hydrogen (secondary N) is 1. The smallest absolute Gasteiger partial charge is 0.305 e. The molecule has 0 aromatic rings. The molecule has 0 aliphatic heterocycles. The lowest BCUT2D eigenvalue weighted by Gasteiger charge is -2.22. The number of unbranched alkanes of at least 4 members (excludes halogenated alkanes) is 36. The van der Waals surface area contributed by atoms with Gasteiger partial charge in [-0.15, -0.1) is 0 Å². The Hall–Kier alpha value is -1.66. The summed E-state index contributed by atoms with van der Waals surface area (Å²) >= 11 is 0. The molecule has 0 aliphatic rings. The molecule has 1 amide bonds. The fraction of sp³-hybridized carbons (Fsp3) is 0.893. The van der Waals surface area contributed by atoms with E-state index < -0.39 is 12.1 Å². The Labute approximate surface area is 386 Å². The van der Waals surface area contributed by atoms with Crippen LogP contribution in [0, 0.1) is 0 Å². The summed E-state index contributed by atoms with van der Waals surface area (Å²) in [6, 6.07) is -0.545. The molecule has 0 saturated heterocycles. The third-order valence-electron chi connectivity index (χ3n) is 12.8. The zero-order valence-corrected chi connectivity index (χ0v) is 41.6. The Balaban J connectivity index is 3.39. The Morgan fingerprint density at radius 1 is 0.452 bits per heavy atom. The molecule has 62 heavy (non-hydrogen) atoms. The molecule has 0 aliphatic carbocycles. The number of aliphatic hydroxyl groups is 2. The number of hydrogen-bond acceptors (Lipinski definition) is 5. The molecule has 0 radical (unpaired) electrons. The lowest BCUT2D eigenvalue weighted by atomic mass is 10.0. The minimum atomic E-state index is -0.667. The molecular weight excluding hydrogens is 767 g/mol. The highest BCUT2D eigenvalue weighted by Crippen LogP contribution is 2.17. The van der Waals surface area contributed by atoms with E-state index >= 15 is 0 Å². The van der Waals surface area contributed by atoms with Gasteiger partial charge in [-0.1, -0.05) is 250 Å². The first-order valence-electron chi connectivity index (χ1n) is 27.6. The van der Waals surface area contributed by atoms with E-state index in [1.807, 2.05) is 0 Å². The van der Waals surface area contributed by atoms with Crippen LogP contribution in [0.2, 0.25) is 0 Å². The normalized spacial score (nSPS) is 12.8. The van der Waals surface area contributed by atoms with Crippen LogP contribution < -0.4 is 5.32 Å². The summed E-state index contributed by atoms with van der Waals surface area (Å²) in [5, 5.41) is 23.1. The molecule has 0 bridgehead atoms. The lowest BCUT2D eigenvalue weighted by molar-refractivity contribution is -0.143. The summed E-state index contributed by atoms with van der Waals surface area (Å²) < 4.78 is 5.48. The molecule has 0 rings (SSSR count). The van der Waals surface area contributed by atoms with Gasteiger partial charge in [0.05, 0.1) is 25.4 Å². The SMILES string of the molecule is CCCCC/C=C\C/C=C\CCCCCCCCCCCC(=O)OCCCCCCCCCCCCCCCCCCC(=O)NC(CO)C(O)CCCCCCCCCCCC. The molecule has 0 aromatic heterocycles. The van der Waals surface area contributed by atoms with Gasteiger partial charge in [-0.2, -0.15) is 0 Å². The van der Waals surface area contributed by atoms with E-state index in [1.165, 1.54) is 212 Å². The van der Waals surface area contributed by atoms with Crippen molar-refractivity contribution >= 4 is 11.9 Å². The van der Waals surface area contributed by atoms with Gasteiger partial charge in [0.2, 0.25) is 5.91 Å². The second-order valence-corrected chi connectivity index (χ2v) is 18.9. The Morgan fingerprint density at radius 3 is 1.26 bits per heavy atom. The first kappa shape index (κ1) is 60.3. The second kappa shape index (κ2) is 52.0. The highest BCUT2D eigenvalue weighted by molar-refractivity contribution is 5.76. The summed E-state index contributed by atoms with van der Waals surface area (Å²) in [6.07, 6.45) is 61.6. The van der Waals surface area contributed by atoms with E-state index in [0.29, 0.717) is 25.9 Å². The van der Waals surface area contributed by atoms with Crippen molar-refractivity contribution in [3.63, 3.8) is 0 Å². The topological polar surface area (TPSA) is 95.9 Å². The molecule has 3 N–H and O–H groups in total. The number of esters is 1. The van der Waals surface area contributed by atoms with E-state index in [9.17, 15) is 19.8 Å². The molecule has 0 fully saturated rings. The molecule has 2 atom stereocenters. The van der Waals surface area contributed by atoms with Crippen LogP contribution in [-0.2, 0) is 14.3 Å². The maximum absolute atomic E-state index is 12.4. The third kappa shape index (κ3) is 47.8. The van der Waals surface area contributed by atoms with Crippen molar-refractivity contribution in [3.8, 4) is 0 Å². The van der Waals surface area contributed by atoms with Gasteiger partial charge < -0.3 is 20.3 Å². The molecular formula is C56H107NO5. The average Bonchev–Trinajstić information content (AvgIpc) is 3.27. The van der Waals surface area contributed by atoms with Crippen LogP contribution in [0.15, 0.2) is 24.3 Å². The largest absolute Gasteiger partial charge is 0.466 e. The van der Waals surface area contributed by atoms with Crippen molar-refractivity contribution in [2.45, 2.75) is 309 Å². The summed E-state index contributed by atoms with van der Waals surface area (Å²) in [4.78, 5) is 24.5. The molecule has 0 saturated carbocycles. The van der Waals surface area contributed by atoms with Crippen molar-refractivity contribution in [3.05, 3.63) is 24.3 Å². The number of aliphatic hydroxyl groups excluding tert-OH is 2. The minimum absolute atomic E-state index is 0.000709. The van der Waals surface area contributed by atoms with Crippen LogP contribution >= 0.6 is 0 Å². The number of hydrogen-bond donors (Lipinski definition) is 3. The zero-order chi connectivity index (χ0) is 45.1. The zero-order valence-electron chi connectivity index (χ0n) is 41.6. The van der Waals surface area contributed by atoms with Crippen LogP contribution in [-0.4, -0.2) is 47.4 Å². The number of rotatable bonds is 51. The predicted molar refractivity (Wildman–Crippen MR) is 269 cm³/mol. The number of allylic oxidation sites excluding steroid dienone is 4. The van der Waals surface area contributed by atoms with E-state index in [0.717, 1.165) is 51.4 Å². The lowest BCUT2D eigenvalue weighted by Crippen LogP contribution is -2.45. The monoisotopic (exact) mass is 874 g/mol. The van der Waals surface area contributed by atoms with Crippen LogP contribution in [0.3, 0.4) is 0 Å². The van der Waals surface area contributed by atoms with Gasteiger partial charge in [-0.25, -0.2) is 0 Å². The number of carbonyl (C=O) groups excluding carboxylic acids is 2. The molecule has 2 unspecified atom stereocenters. The van der Waals surface area contributed by atoms with Gasteiger partial charge in [-0.05, 0) is 57.8 Å².